The van der Waals surface area contributed by atoms with Crippen molar-refractivity contribution < 1.29 is 9.90 Å². The van der Waals surface area contributed by atoms with E-state index in [4.69, 9.17) is 28.3 Å². The lowest BCUT2D eigenvalue weighted by molar-refractivity contribution is 0.0683. The van der Waals surface area contributed by atoms with Crippen LogP contribution in [0.1, 0.15) is 22.0 Å². The van der Waals surface area contributed by atoms with Crippen LogP contribution in [-0.4, -0.2) is 25.8 Å². The van der Waals surface area contributed by atoms with E-state index in [-0.39, 0.29) is 5.82 Å². The maximum absolute atomic E-state index is 10.8. The molecule has 0 atom stereocenters. The SMILES string of the molecule is Cc1cc(Cl)c(-n2nc(C(=O)O)nc2C)cc1Cl. The van der Waals surface area contributed by atoms with Gasteiger partial charge in [-0.15, -0.1) is 5.10 Å². The number of aromatic carboxylic acids is 1. The normalized spacial score (nSPS) is 10.7. The van der Waals surface area contributed by atoms with Crippen LogP contribution in [-0.2, 0) is 0 Å². The van der Waals surface area contributed by atoms with Gasteiger partial charge < -0.3 is 5.11 Å². The van der Waals surface area contributed by atoms with Gasteiger partial charge in [0.05, 0.1) is 10.7 Å². The number of aryl methyl sites for hydroxylation is 2. The van der Waals surface area contributed by atoms with Crippen molar-refractivity contribution in [1.82, 2.24) is 14.8 Å². The first-order valence-corrected chi connectivity index (χ1v) is 5.78. The van der Waals surface area contributed by atoms with Gasteiger partial charge in [-0.3, -0.25) is 0 Å². The molecule has 94 valence electrons. The number of halogens is 2. The fourth-order valence-corrected chi connectivity index (χ4v) is 1.96. The van der Waals surface area contributed by atoms with E-state index in [0.717, 1.165) is 5.56 Å². The molecule has 0 spiro atoms. The minimum Gasteiger partial charge on any atom is -0.475 e. The summed E-state index contributed by atoms with van der Waals surface area (Å²) in [7, 11) is 0. The van der Waals surface area contributed by atoms with Gasteiger partial charge >= 0.3 is 5.97 Å². The molecule has 0 unspecified atom stereocenters. The molecule has 0 radical (unpaired) electrons. The molecule has 0 aliphatic heterocycles. The maximum atomic E-state index is 10.8. The second kappa shape index (κ2) is 4.59. The summed E-state index contributed by atoms with van der Waals surface area (Å²) in [5.41, 5.74) is 1.34. The Morgan fingerprint density at radius 2 is 1.94 bits per heavy atom. The van der Waals surface area contributed by atoms with E-state index in [2.05, 4.69) is 10.1 Å². The van der Waals surface area contributed by atoms with E-state index in [0.29, 0.717) is 21.6 Å². The van der Waals surface area contributed by atoms with Gasteiger partial charge in [0.2, 0.25) is 0 Å². The molecule has 1 heterocycles. The molecule has 0 aliphatic rings. The van der Waals surface area contributed by atoms with Gasteiger partial charge in [0, 0.05) is 5.02 Å². The summed E-state index contributed by atoms with van der Waals surface area (Å²) in [5, 5.41) is 13.7. The standard InChI is InChI=1S/C11H9Cl2N3O2/c1-5-3-8(13)9(4-7(5)12)16-6(2)14-10(15-16)11(17)18/h3-4H,1-2H3,(H,17,18). The number of carboxylic acids is 1. The molecule has 0 fully saturated rings. The molecule has 0 saturated heterocycles. The van der Waals surface area contributed by atoms with Crippen molar-refractivity contribution >= 4 is 29.2 Å². The first-order chi connectivity index (χ1) is 8.40. The fraction of sp³-hybridized carbons (Fsp3) is 0.182. The number of hydrogen-bond donors (Lipinski definition) is 1. The first kappa shape index (κ1) is 12.9. The molecule has 2 rings (SSSR count). The average Bonchev–Trinajstić information content (AvgIpc) is 2.66. The van der Waals surface area contributed by atoms with Crippen LogP contribution in [0, 0.1) is 13.8 Å². The van der Waals surface area contributed by atoms with Crippen LogP contribution < -0.4 is 0 Å². The van der Waals surface area contributed by atoms with Crippen molar-refractivity contribution in [3.8, 4) is 5.69 Å². The molecule has 0 aliphatic carbocycles. The lowest BCUT2D eigenvalue weighted by Crippen LogP contribution is -2.03. The summed E-state index contributed by atoms with van der Waals surface area (Å²) in [5.74, 6) is -1.04. The van der Waals surface area contributed by atoms with E-state index in [9.17, 15) is 4.79 Å². The highest BCUT2D eigenvalue weighted by Crippen LogP contribution is 2.27. The minimum absolute atomic E-state index is 0.278. The van der Waals surface area contributed by atoms with Crippen LogP contribution in [0.25, 0.3) is 5.69 Å². The lowest BCUT2D eigenvalue weighted by atomic mass is 10.2. The third kappa shape index (κ3) is 2.19. The monoisotopic (exact) mass is 285 g/mol. The Bertz CT molecular complexity index is 637. The summed E-state index contributed by atoms with van der Waals surface area (Å²) in [6, 6.07) is 3.33. The maximum Gasteiger partial charge on any atom is 0.375 e. The summed E-state index contributed by atoms with van der Waals surface area (Å²) in [6.07, 6.45) is 0. The number of rotatable bonds is 2. The molecule has 0 amide bonds. The minimum atomic E-state index is -1.19. The van der Waals surface area contributed by atoms with Crippen LogP contribution in [0.3, 0.4) is 0 Å². The number of carbonyl (C=O) groups is 1. The predicted octanol–water partition coefficient (Wildman–Crippen LogP) is 2.89. The van der Waals surface area contributed by atoms with Gasteiger partial charge in [0.1, 0.15) is 5.82 Å². The molecular weight excluding hydrogens is 277 g/mol. The molecule has 2 aromatic rings. The van der Waals surface area contributed by atoms with Crippen LogP contribution in [0.15, 0.2) is 12.1 Å². The summed E-state index contributed by atoms with van der Waals surface area (Å²) < 4.78 is 1.36. The Labute approximate surface area is 113 Å². The Kier molecular flexibility index (Phi) is 3.28. The second-order valence-corrected chi connectivity index (χ2v) is 4.57. The van der Waals surface area contributed by atoms with Gasteiger partial charge in [0.25, 0.3) is 5.82 Å². The van der Waals surface area contributed by atoms with Crippen molar-refractivity contribution in [3.63, 3.8) is 0 Å². The number of benzene rings is 1. The quantitative estimate of drug-likeness (QED) is 0.921. The van der Waals surface area contributed by atoms with Crippen LogP contribution in [0.4, 0.5) is 0 Å². The zero-order chi connectivity index (χ0) is 13.4. The van der Waals surface area contributed by atoms with E-state index in [1.807, 2.05) is 6.92 Å². The third-order valence-corrected chi connectivity index (χ3v) is 3.13. The Balaban J connectivity index is 2.62. The van der Waals surface area contributed by atoms with Gasteiger partial charge in [0.15, 0.2) is 0 Å². The summed E-state index contributed by atoms with van der Waals surface area (Å²) in [4.78, 5) is 14.6. The molecule has 18 heavy (non-hydrogen) atoms. The first-order valence-electron chi connectivity index (χ1n) is 5.03. The third-order valence-electron chi connectivity index (χ3n) is 2.42. The molecular formula is C11H9Cl2N3O2. The van der Waals surface area contributed by atoms with Crippen molar-refractivity contribution in [2.24, 2.45) is 0 Å². The van der Waals surface area contributed by atoms with Crippen molar-refractivity contribution in [2.75, 3.05) is 0 Å². The van der Waals surface area contributed by atoms with E-state index in [1.54, 1.807) is 19.1 Å². The topological polar surface area (TPSA) is 68.0 Å². The van der Waals surface area contributed by atoms with E-state index in [1.165, 1.54) is 4.68 Å². The molecule has 1 N–H and O–H groups in total. The molecule has 1 aromatic heterocycles. The number of carboxylic acid groups (broad SMARTS) is 1. The van der Waals surface area contributed by atoms with Crippen LogP contribution in [0.5, 0.6) is 0 Å². The number of hydrogen-bond acceptors (Lipinski definition) is 3. The molecule has 1 aromatic carbocycles. The molecule has 0 saturated carbocycles. The molecule has 7 heteroatoms. The van der Waals surface area contributed by atoms with Crippen LogP contribution >= 0.6 is 23.2 Å². The smallest absolute Gasteiger partial charge is 0.375 e. The van der Waals surface area contributed by atoms with Gasteiger partial charge in [-0.05, 0) is 31.5 Å². The van der Waals surface area contributed by atoms with Gasteiger partial charge in [-0.25, -0.2) is 14.5 Å². The Hall–Kier alpha value is -1.59. The van der Waals surface area contributed by atoms with Gasteiger partial charge in [-0.1, -0.05) is 23.2 Å². The van der Waals surface area contributed by atoms with E-state index < -0.39 is 5.97 Å². The highest BCUT2D eigenvalue weighted by Gasteiger charge is 2.16. The predicted molar refractivity (Wildman–Crippen MR) is 67.8 cm³/mol. The Morgan fingerprint density at radius 3 is 2.50 bits per heavy atom. The highest BCUT2D eigenvalue weighted by atomic mass is 35.5. The molecule has 5 nitrogen and oxygen atoms in total. The van der Waals surface area contributed by atoms with Crippen LogP contribution in [0.2, 0.25) is 10.0 Å². The molecule has 0 bridgehead atoms. The lowest BCUT2D eigenvalue weighted by Gasteiger charge is -2.07. The fourth-order valence-electron chi connectivity index (χ4n) is 1.51. The second-order valence-electron chi connectivity index (χ2n) is 3.75. The summed E-state index contributed by atoms with van der Waals surface area (Å²) >= 11 is 12.1. The summed E-state index contributed by atoms with van der Waals surface area (Å²) in [6.45, 7) is 3.47. The van der Waals surface area contributed by atoms with E-state index >= 15 is 0 Å². The van der Waals surface area contributed by atoms with Gasteiger partial charge in [-0.2, -0.15) is 0 Å². The van der Waals surface area contributed by atoms with Crippen molar-refractivity contribution in [2.45, 2.75) is 13.8 Å². The zero-order valence-corrected chi connectivity index (χ0v) is 11.1. The average molecular weight is 286 g/mol. The highest BCUT2D eigenvalue weighted by molar-refractivity contribution is 6.35. The largest absolute Gasteiger partial charge is 0.475 e. The number of nitrogens with zero attached hydrogens (tertiary/aromatic N) is 3. The van der Waals surface area contributed by atoms with Crippen molar-refractivity contribution in [1.29, 1.82) is 0 Å². The number of aromatic nitrogens is 3. The Morgan fingerprint density at radius 1 is 1.28 bits per heavy atom. The zero-order valence-electron chi connectivity index (χ0n) is 9.61. The van der Waals surface area contributed by atoms with Crippen molar-refractivity contribution in [3.05, 3.63) is 39.4 Å².